The molecule has 1 saturated heterocycles. The predicted octanol–water partition coefficient (Wildman–Crippen LogP) is 1.41. The van der Waals surface area contributed by atoms with Crippen molar-refractivity contribution < 1.29 is 17.9 Å². The van der Waals surface area contributed by atoms with Gasteiger partial charge in [-0.1, -0.05) is 6.07 Å². The van der Waals surface area contributed by atoms with Gasteiger partial charge in [-0.05, 0) is 31.9 Å². The van der Waals surface area contributed by atoms with Crippen molar-refractivity contribution in [2.75, 3.05) is 13.2 Å². The molecular formula is C13H15N3O4S2. The molecule has 0 amide bonds. The van der Waals surface area contributed by atoms with Crippen LogP contribution in [-0.2, 0) is 19.6 Å². The summed E-state index contributed by atoms with van der Waals surface area (Å²) in [7, 11) is -3.81. The van der Waals surface area contributed by atoms with Crippen LogP contribution in [0, 0.1) is 0 Å². The van der Waals surface area contributed by atoms with E-state index in [0.717, 1.165) is 11.7 Å². The van der Waals surface area contributed by atoms with E-state index in [0.29, 0.717) is 30.4 Å². The Kier molecular flexibility index (Phi) is 4.11. The Morgan fingerprint density at radius 1 is 1.45 bits per heavy atom. The van der Waals surface area contributed by atoms with Crippen molar-refractivity contribution in [1.82, 2.24) is 13.1 Å². The Morgan fingerprint density at radius 3 is 3.05 bits per heavy atom. The summed E-state index contributed by atoms with van der Waals surface area (Å²) in [4.78, 5) is 12.1. The number of aromatic nitrogens is 2. The van der Waals surface area contributed by atoms with E-state index in [-0.39, 0.29) is 11.5 Å². The lowest BCUT2D eigenvalue weighted by Crippen LogP contribution is -2.41. The molecule has 1 fully saturated rings. The normalized spacial score (nSPS) is 19.6. The highest BCUT2D eigenvalue weighted by Crippen LogP contribution is 2.30. The summed E-state index contributed by atoms with van der Waals surface area (Å²) in [6.07, 6.45) is 1.11. The Balaban J connectivity index is 2.02. The van der Waals surface area contributed by atoms with Crippen LogP contribution in [0.1, 0.15) is 19.8 Å². The molecule has 2 aromatic rings. The minimum absolute atomic E-state index is 0.0925. The number of nitrogens with zero attached hydrogens (tertiary/aromatic N) is 3. The highest BCUT2D eigenvalue weighted by molar-refractivity contribution is 7.89. The van der Waals surface area contributed by atoms with Crippen LogP contribution < -0.4 is 0 Å². The number of hydrogen-bond acceptors (Lipinski definition) is 7. The van der Waals surface area contributed by atoms with Crippen molar-refractivity contribution in [3.8, 4) is 0 Å². The van der Waals surface area contributed by atoms with Gasteiger partial charge in [-0.15, -0.1) is 0 Å². The first-order valence-electron chi connectivity index (χ1n) is 6.95. The van der Waals surface area contributed by atoms with E-state index >= 15 is 0 Å². The number of benzene rings is 1. The molecule has 9 heteroatoms. The van der Waals surface area contributed by atoms with Crippen LogP contribution in [0.4, 0.5) is 0 Å². The maximum atomic E-state index is 12.9. The van der Waals surface area contributed by atoms with E-state index in [4.69, 9.17) is 4.74 Å². The SMILES string of the molecule is CCOC(=O)C1CCCN1S(=O)(=O)c1cccc2nsnc12. The van der Waals surface area contributed by atoms with Gasteiger partial charge in [0.2, 0.25) is 10.0 Å². The Labute approximate surface area is 132 Å². The highest BCUT2D eigenvalue weighted by Gasteiger charge is 2.41. The van der Waals surface area contributed by atoms with Gasteiger partial charge in [-0.2, -0.15) is 13.1 Å². The van der Waals surface area contributed by atoms with Crippen molar-refractivity contribution >= 4 is 38.8 Å². The maximum Gasteiger partial charge on any atom is 0.324 e. The minimum Gasteiger partial charge on any atom is -0.465 e. The lowest BCUT2D eigenvalue weighted by Gasteiger charge is -2.22. The van der Waals surface area contributed by atoms with Crippen LogP contribution in [0.15, 0.2) is 23.1 Å². The average molecular weight is 341 g/mol. The zero-order valence-electron chi connectivity index (χ0n) is 11.9. The van der Waals surface area contributed by atoms with Crippen molar-refractivity contribution in [2.45, 2.75) is 30.7 Å². The third-order valence-corrected chi connectivity index (χ3v) is 6.08. The first-order valence-corrected chi connectivity index (χ1v) is 9.12. The molecule has 2 heterocycles. The number of carbonyl (C=O) groups excluding carboxylic acids is 1. The van der Waals surface area contributed by atoms with Gasteiger partial charge >= 0.3 is 5.97 Å². The molecule has 0 aliphatic carbocycles. The molecule has 0 saturated carbocycles. The Bertz CT molecular complexity index is 802. The van der Waals surface area contributed by atoms with Crippen molar-refractivity contribution in [2.24, 2.45) is 0 Å². The molecule has 0 N–H and O–H groups in total. The molecule has 1 aromatic heterocycles. The summed E-state index contributed by atoms with van der Waals surface area (Å²) in [5, 5.41) is 0. The summed E-state index contributed by atoms with van der Waals surface area (Å²) in [5.74, 6) is -0.493. The summed E-state index contributed by atoms with van der Waals surface area (Å²) >= 11 is 0.966. The van der Waals surface area contributed by atoms with Gasteiger partial charge in [0, 0.05) is 6.54 Å². The van der Waals surface area contributed by atoms with Crippen molar-refractivity contribution in [3.63, 3.8) is 0 Å². The summed E-state index contributed by atoms with van der Waals surface area (Å²) < 4.78 is 40.2. The molecule has 1 aliphatic rings. The van der Waals surface area contributed by atoms with Gasteiger partial charge in [0.1, 0.15) is 22.0 Å². The number of hydrogen-bond donors (Lipinski definition) is 0. The molecule has 118 valence electrons. The van der Waals surface area contributed by atoms with Crippen LogP contribution in [0.5, 0.6) is 0 Å². The number of fused-ring (bicyclic) bond motifs is 1. The fraction of sp³-hybridized carbons (Fsp3) is 0.462. The lowest BCUT2D eigenvalue weighted by atomic mass is 10.2. The number of sulfonamides is 1. The van der Waals surface area contributed by atoms with Crippen LogP contribution >= 0.6 is 11.7 Å². The molecular weight excluding hydrogens is 326 g/mol. The van der Waals surface area contributed by atoms with E-state index in [1.54, 1.807) is 19.1 Å². The Morgan fingerprint density at radius 2 is 2.27 bits per heavy atom. The summed E-state index contributed by atoms with van der Waals surface area (Å²) in [6.45, 7) is 2.24. The zero-order chi connectivity index (χ0) is 15.7. The van der Waals surface area contributed by atoms with Crippen molar-refractivity contribution in [1.29, 1.82) is 0 Å². The zero-order valence-corrected chi connectivity index (χ0v) is 13.6. The van der Waals surface area contributed by atoms with E-state index in [1.807, 2.05) is 0 Å². The van der Waals surface area contributed by atoms with Gasteiger partial charge in [0.05, 0.1) is 18.3 Å². The third kappa shape index (κ3) is 2.49. The third-order valence-electron chi connectivity index (χ3n) is 3.60. The molecule has 1 unspecified atom stereocenters. The second-order valence-corrected chi connectivity index (χ2v) is 7.30. The van der Waals surface area contributed by atoms with Gasteiger partial charge in [-0.3, -0.25) is 4.79 Å². The molecule has 0 bridgehead atoms. The topological polar surface area (TPSA) is 89.5 Å². The second-order valence-electron chi connectivity index (χ2n) is 4.91. The highest BCUT2D eigenvalue weighted by atomic mass is 32.2. The van der Waals surface area contributed by atoms with Gasteiger partial charge in [0.25, 0.3) is 0 Å². The quantitative estimate of drug-likeness (QED) is 0.781. The van der Waals surface area contributed by atoms with E-state index in [1.165, 1.54) is 10.4 Å². The molecule has 1 aliphatic heterocycles. The van der Waals surface area contributed by atoms with Gasteiger partial charge in [0.15, 0.2) is 0 Å². The Hall–Kier alpha value is -1.58. The standard InChI is InChI=1S/C13H15N3O4S2/c1-2-20-13(17)10-6-4-8-16(10)22(18,19)11-7-3-5-9-12(11)15-21-14-9/h3,5,7,10H,2,4,6,8H2,1H3. The monoisotopic (exact) mass is 341 g/mol. The smallest absolute Gasteiger partial charge is 0.324 e. The molecule has 1 atom stereocenters. The summed E-state index contributed by atoms with van der Waals surface area (Å²) in [5.41, 5.74) is 0.889. The first kappa shape index (κ1) is 15.3. The summed E-state index contributed by atoms with van der Waals surface area (Å²) in [6, 6.07) is 4.09. The van der Waals surface area contributed by atoms with Gasteiger partial charge < -0.3 is 4.74 Å². The molecule has 22 heavy (non-hydrogen) atoms. The van der Waals surface area contributed by atoms with E-state index in [2.05, 4.69) is 8.75 Å². The largest absolute Gasteiger partial charge is 0.465 e. The maximum absolute atomic E-state index is 12.9. The predicted molar refractivity (Wildman–Crippen MR) is 81.0 cm³/mol. The fourth-order valence-corrected chi connectivity index (χ4v) is 5.02. The lowest BCUT2D eigenvalue weighted by molar-refractivity contribution is -0.146. The van der Waals surface area contributed by atoms with Crippen LogP contribution in [0.25, 0.3) is 11.0 Å². The van der Waals surface area contributed by atoms with Crippen LogP contribution in [-0.4, -0.2) is 46.6 Å². The van der Waals surface area contributed by atoms with Gasteiger partial charge in [-0.25, -0.2) is 8.42 Å². The minimum atomic E-state index is -3.81. The molecule has 3 rings (SSSR count). The van der Waals surface area contributed by atoms with Crippen LogP contribution in [0.2, 0.25) is 0 Å². The van der Waals surface area contributed by atoms with Crippen LogP contribution in [0.3, 0.4) is 0 Å². The fourth-order valence-electron chi connectivity index (χ4n) is 2.62. The second kappa shape index (κ2) is 5.90. The van der Waals surface area contributed by atoms with E-state index < -0.39 is 22.0 Å². The number of ether oxygens (including phenoxy) is 1. The van der Waals surface area contributed by atoms with E-state index in [9.17, 15) is 13.2 Å². The molecule has 1 aromatic carbocycles. The number of esters is 1. The van der Waals surface area contributed by atoms with Crippen molar-refractivity contribution in [3.05, 3.63) is 18.2 Å². The molecule has 0 spiro atoms. The molecule has 0 radical (unpaired) electrons. The first-order chi connectivity index (χ1) is 10.6. The average Bonchev–Trinajstić information content (AvgIpc) is 3.16. The number of rotatable bonds is 4. The molecule has 7 nitrogen and oxygen atoms in total. The number of carbonyl (C=O) groups is 1.